The molecular formula is C23H24N4O2S. The van der Waals surface area contributed by atoms with Crippen LogP contribution in [0.1, 0.15) is 42.5 Å². The van der Waals surface area contributed by atoms with Gasteiger partial charge in [0.25, 0.3) is 5.91 Å². The molecule has 0 spiro atoms. The molecule has 1 N–H and O–H groups in total. The Labute approximate surface area is 179 Å². The van der Waals surface area contributed by atoms with E-state index < -0.39 is 0 Å². The van der Waals surface area contributed by atoms with Crippen LogP contribution in [0, 0.1) is 6.92 Å². The molecule has 4 aromatic heterocycles. The van der Waals surface area contributed by atoms with Crippen molar-refractivity contribution in [2.45, 2.75) is 40.2 Å². The maximum absolute atomic E-state index is 12.8. The molecule has 0 aliphatic carbocycles. The highest BCUT2D eigenvalue weighted by atomic mass is 32.1. The number of amides is 1. The molecule has 7 heteroatoms. The van der Waals surface area contributed by atoms with Crippen LogP contribution >= 0.6 is 11.3 Å². The maximum atomic E-state index is 12.8. The third-order valence-corrected chi connectivity index (χ3v) is 5.72. The summed E-state index contributed by atoms with van der Waals surface area (Å²) in [4.78, 5) is 22.0. The number of pyridine rings is 1. The maximum Gasteiger partial charge on any atom is 0.253 e. The number of hydrogen-bond donors (Lipinski definition) is 1. The van der Waals surface area contributed by atoms with Crippen LogP contribution in [-0.4, -0.2) is 26.5 Å². The van der Waals surface area contributed by atoms with Crippen LogP contribution in [-0.2, 0) is 6.42 Å². The monoisotopic (exact) mass is 420 g/mol. The van der Waals surface area contributed by atoms with Crippen LogP contribution in [0.2, 0.25) is 0 Å². The zero-order chi connectivity index (χ0) is 21.3. The minimum atomic E-state index is -0.105. The first kappa shape index (κ1) is 20.1. The quantitative estimate of drug-likeness (QED) is 0.461. The summed E-state index contributed by atoms with van der Waals surface area (Å²) in [6.07, 6.45) is 4.32. The molecule has 0 aliphatic heterocycles. The number of carbonyl (C=O) groups excluding carboxylic acids is 1. The number of furan rings is 1. The van der Waals surface area contributed by atoms with Crippen LogP contribution in [0.4, 0.5) is 0 Å². The molecule has 154 valence electrons. The molecule has 4 rings (SSSR count). The van der Waals surface area contributed by atoms with E-state index in [1.165, 1.54) is 0 Å². The summed E-state index contributed by atoms with van der Waals surface area (Å²) in [5.41, 5.74) is 5.12. The van der Waals surface area contributed by atoms with Gasteiger partial charge in [0.05, 0.1) is 23.2 Å². The first-order valence-electron chi connectivity index (χ1n) is 9.96. The van der Waals surface area contributed by atoms with Gasteiger partial charge in [-0.2, -0.15) is 0 Å². The van der Waals surface area contributed by atoms with E-state index in [9.17, 15) is 4.79 Å². The van der Waals surface area contributed by atoms with E-state index in [0.29, 0.717) is 11.4 Å². The van der Waals surface area contributed by atoms with Gasteiger partial charge in [0.15, 0.2) is 0 Å². The number of thiazole rings is 1. The Bertz CT molecular complexity index is 1170. The Morgan fingerprint density at radius 2 is 2.13 bits per heavy atom. The van der Waals surface area contributed by atoms with Gasteiger partial charge in [-0.3, -0.25) is 14.3 Å². The van der Waals surface area contributed by atoms with Crippen LogP contribution in [0.5, 0.6) is 0 Å². The summed E-state index contributed by atoms with van der Waals surface area (Å²) in [5, 5.41) is 5.90. The van der Waals surface area contributed by atoms with Crippen molar-refractivity contribution in [3.63, 3.8) is 0 Å². The highest BCUT2D eigenvalue weighted by Gasteiger charge is 2.22. The summed E-state index contributed by atoms with van der Waals surface area (Å²) in [5.74, 6) is 0.545. The molecule has 4 heterocycles. The van der Waals surface area contributed by atoms with Gasteiger partial charge in [0, 0.05) is 40.6 Å². The lowest BCUT2D eigenvalue weighted by Gasteiger charge is -2.09. The molecule has 0 aliphatic rings. The summed E-state index contributed by atoms with van der Waals surface area (Å²) >= 11 is 1.57. The number of rotatable bonds is 6. The third-order valence-electron chi connectivity index (χ3n) is 4.83. The molecule has 6 nitrogen and oxygen atoms in total. The molecular weight excluding hydrogens is 396 g/mol. The molecule has 0 radical (unpaired) electrons. The predicted octanol–water partition coefficient (Wildman–Crippen LogP) is 5.26. The summed E-state index contributed by atoms with van der Waals surface area (Å²) in [7, 11) is 0. The van der Waals surface area contributed by atoms with Crippen molar-refractivity contribution >= 4 is 17.2 Å². The van der Waals surface area contributed by atoms with Gasteiger partial charge in [-0.25, -0.2) is 4.98 Å². The predicted molar refractivity (Wildman–Crippen MR) is 119 cm³/mol. The van der Waals surface area contributed by atoms with Gasteiger partial charge in [0.2, 0.25) is 5.88 Å². The van der Waals surface area contributed by atoms with Gasteiger partial charge in [0.1, 0.15) is 5.01 Å². The summed E-state index contributed by atoms with van der Waals surface area (Å²) in [6, 6.07) is 9.70. The SMILES string of the molecule is CCc1cc(-c2nc(-c3cc(C(=O)NC(C)C)c(C)n3-c3ccco3)cs2)ccn1. The highest BCUT2D eigenvalue weighted by molar-refractivity contribution is 7.13. The van der Waals surface area contributed by atoms with Crippen LogP contribution in [0.3, 0.4) is 0 Å². The van der Waals surface area contributed by atoms with Crippen LogP contribution in [0.15, 0.2) is 52.6 Å². The zero-order valence-electron chi connectivity index (χ0n) is 17.5. The second kappa shape index (κ2) is 8.28. The van der Waals surface area contributed by atoms with Gasteiger partial charge in [-0.15, -0.1) is 11.3 Å². The lowest BCUT2D eigenvalue weighted by atomic mass is 10.2. The molecule has 30 heavy (non-hydrogen) atoms. The largest absolute Gasteiger partial charge is 0.448 e. The van der Waals surface area contributed by atoms with E-state index >= 15 is 0 Å². The van der Waals surface area contributed by atoms with Gasteiger partial charge < -0.3 is 9.73 Å². The minimum Gasteiger partial charge on any atom is -0.448 e. The van der Waals surface area contributed by atoms with Crippen molar-refractivity contribution in [2.75, 3.05) is 0 Å². The fourth-order valence-electron chi connectivity index (χ4n) is 3.37. The lowest BCUT2D eigenvalue weighted by molar-refractivity contribution is 0.0942. The summed E-state index contributed by atoms with van der Waals surface area (Å²) < 4.78 is 7.60. The average Bonchev–Trinajstić information content (AvgIpc) is 3.47. The first-order chi connectivity index (χ1) is 14.5. The standard InChI is InChI=1S/C23H24N4O2S/c1-5-17-11-16(8-9-24-17)23-26-19(13-30-23)20-12-18(22(28)25-14(2)3)15(4)27(20)21-7-6-10-29-21/h6-14H,5H2,1-4H3,(H,25,28). The average molecular weight is 421 g/mol. The number of nitrogens with zero attached hydrogens (tertiary/aromatic N) is 3. The summed E-state index contributed by atoms with van der Waals surface area (Å²) in [6.45, 7) is 7.90. The molecule has 4 aromatic rings. The topological polar surface area (TPSA) is 73.0 Å². The molecule has 0 atom stereocenters. The molecule has 1 amide bonds. The molecule has 0 saturated heterocycles. The molecule has 0 saturated carbocycles. The number of hydrogen-bond acceptors (Lipinski definition) is 5. The van der Waals surface area contributed by atoms with E-state index in [4.69, 9.17) is 9.40 Å². The molecule has 0 aromatic carbocycles. The van der Waals surface area contributed by atoms with Crippen molar-refractivity contribution < 1.29 is 9.21 Å². The number of aryl methyl sites for hydroxylation is 1. The smallest absolute Gasteiger partial charge is 0.253 e. The second-order valence-corrected chi connectivity index (χ2v) is 8.23. The first-order valence-corrected chi connectivity index (χ1v) is 10.8. The van der Waals surface area contributed by atoms with Crippen LogP contribution in [0.25, 0.3) is 27.8 Å². The molecule has 0 bridgehead atoms. The van der Waals surface area contributed by atoms with Crippen molar-refractivity contribution in [2.24, 2.45) is 0 Å². The fraction of sp³-hybridized carbons (Fsp3) is 0.261. The van der Waals surface area contributed by atoms with Crippen molar-refractivity contribution in [3.8, 4) is 27.8 Å². The van der Waals surface area contributed by atoms with Crippen LogP contribution < -0.4 is 5.32 Å². The van der Waals surface area contributed by atoms with Gasteiger partial charge in [-0.1, -0.05) is 6.92 Å². The number of nitrogens with one attached hydrogen (secondary N) is 1. The fourth-order valence-corrected chi connectivity index (χ4v) is 4.19. The minimum absolute atomic E-state index is 0.0534. The van der Waals surface area contributed by atoms with Gasteiger partial charge >= 0.3 is 0 Å². The van der Waals surface area contributed by atoms with Crippen molar-refractivity contribution in [1.82, 2.24) is 19.9 Å². The van der Waals surface area contributed by atoms with E-state index in [1.807, 2.05) is 61.2 Å². The number of aromatic nitrogens is 3. The highest BCUT2D eigenvalue weighted by Crippen LogP contribution is 2.33. The Balaban J connectivity index is 1.80. The van der Waals surface area contributed by atoms with E-state index in [-0.39, 0.29) is 11.9 Å². The van der Waals surface area contributed by atoms with E-state index in [0.717, 1.165) is 39.8 Å². The van der Waals surface area contributed by atoms with Crippen molar-refractivity contribution in [1.29, 1.82) is 0 Å². The Hall–Kier alpha value is -3.19. The molecule has 0 unspecified atom stereocenters. The third kappa shape index (κ3) is 3.80. The van der Waals surface area contributed by atoms with Crippen molar-refractivity contribution in [3.05, 3.63) is 65.1 Å². The Morgan fingerprint density at radius 1 is 1.30 bits per heavy atom. The van der Waals surface area contributed by atoms with E-state index in [1.54, 1.807) is 17.6 Å². The number of carbonyl (C=O) groups is 1. The normalized spacial score (nSPS) is 11.2. The van der Waals surface area contributed by atoms with Gasteiger partial charge in [-0.05, 0) is 51.5 Å². The lowest BCUT2D eigenvalue weighted by Crippen LogP contribution is -2.30. The Morgan fingerprint density at radius 3 is 2.83 bits per heavy atom. The second-order valence-electron chi connectivity index (χ2n) is 7.37. The Kier molecular flexibility index (Phi) is 5.55. The zero-order valence-corrected chi connectivity index (χ0v) is 18.3. The van der Waals surface area contributed by atoms with E-state index in [2.05, 4.69) is 23.3 Å². The molecule has 0 fully saturated rings.